The summed E-state index contributed by atoms with van der Waals surface area (Å²) in [6, 6.07) is 17.8. The molecule has 0 fully saturated rings. The van der Waals surface area contributed by atoms with E-state index in [9.17, 15) is 9.59 Å². The number of aryl methyl sites for hydroxylation is 1. The third-order valence-electron chi connectivity index (χ3n) is 5.87. The zero-order valence-electron chi connectivity index (χ0n) is 17.8. The Hall–Kier alpha value is -2.98. The zero-order valence-corrected chi connectivity index (χ0v) is 18.6. The molecule has 1 atom stereocenters. The minimum absolute atomic E-state index is 0. The number of hydrogen-bond donors (Lipinski definition) is 0. The summed E-state index contributed by atoms with van der Waals surface area (Å²) in [6.07, 6.45) is 6.14. The fourth-order valence-corrected chi connectivity index (χ4v) is 4.24. The van der Waals surface area contributed by atoms with Crippen LogP contribution < -0.4 is 21.7 Å². The van der Waals surface area contributed by atoms with Gasteiger partial charge >= 0.3 is 0 Å². The Kier molecular flexibility index (Phi) is 7.24. The number of fused-ring (bicyclic) bond motifs is 1. The summed E-state index contributed by atoms with van der Waals surface area (Å²) in [7, 11) is 1.64. The van der Waals surface area contributed by atoms with Gasteiger partial charge in [0.15, 0.2) is 30.5 Å². The molecule has 1 heterocycles. The molecule has 5 heteroatoms. The van der Waals surface area contributed by atoms with Crippen LogP contribution in [0.25, 0.3) is 0 Å². The highest BCUT2D eigenvalue weighted by Crippen LogP contribution is 2.31. The maximum absolute atomic E-state index is 13.1. The first-order chi connectivity index (χ1) is 14.5. The van der Waals surface area contributed by atoms with Crippen molar-refractivity contribution in [3.63, 3.8) is 0 Å². The first-order valence-corrected chi connectivity index (χ1v) is 10.3. The van der Waals surface area contributed by atoms with Crippen molar-refractivity contribution in [2.24, 2.45) is 5.92 Å². The van der Waals surface area contributed by atoms with E-state index in [1.165, 1.54) is 5.56 Å². The lowest BCUT2D eigenvalue weighted by Crippen LogP contribution is -3.00. The first-order valence-electron chi connectivity index (χ1n) is 10.3. The van der Waals surface area contributed by atoms with E-state index in [1.807, 2.05) is 59.4 Å². The molecule has 0 bridgehead atoms. The quantitative estimate of drug-likeness (QED) is 0.432. The SMILES string of the molecule is COc1ccc2c(c1)CCC(Cc1cc[n+](Cc3ccccc3)cc1C(C)=O)C2=O.[Cl-]. The summed E-state index contributed by atoms with van der Waals surface area (Å²) in [5.74, 6) is 0.870. The van der Waals surface area contributed by atoms with Gasteiger partial charge < -0.3 is 17.1 Å². The number of methoxy groups -OCH3 is 1. The van der Waals surface area contributed by atoms with Crippen LogP contribution in [0.2, 0.25) is 0 Å². The van der Waals surface area contributed by atoms with Crippen LogP contribution in [0.5, 0.6) is 5.75 Å². The van der Waals surface area contributed by atoms with Gasteiger partial charge in [0.25, 0.3) is 0 Å². The largest absolute Gasteiger partial charge is 1.00 e. The van der Waals surface area contributed by atoms with E-state index in [1.54, 1.807) is 14.0 Å². The third-order valence-corrected chi connectivity index (χ3v) is 5.87. The Bertz CT molecular complexity index is 1100. The van der Waals surface area contributed by atoms with Gasteiger partial charge in [-0.2, -0.15) is 0 Å². The van der Waals surface area contributed by atoms with Crippen LogP contribution in [0.4, 0.5) is 0 Å². The topological polar surface area (TPSA) is 47.2 Å². The number of rotatable bonds is 6. The Labute approximate surface area is 189 Å². The highest BCUT2D eigenvalue weighted by Gasteiger charge is 2.29. The van der Waals surface area contributed by atoms with Gasteiger partial charge in [-0.3, -0.25) is 9.59 Å². The molecular formula is C26H26ClNO3. The summed E-state index contributed by atoms with van der Waals surface area (Å²) >= 11 is 0. The van der Waals surface area contributed by atoms with Crippen molar-refractivity contribution in [1.29, 1.82) is 0 Å². The Morgan fingerprint density at radius 1 is 1.13 bits per heavy atom. The molecule has 1 aliphatic carbocycles. The molecule has 0 aliphatic heterocycles. The Balaban J connectivity index is 0.00000272. The normalized spacial score (nSPS) is 15.0. The molecule has 1 unspecified atom stereocenters. The van der Waals surface area contributed by atoms with Gasteiger partial charge in [0.1, 0.15) is 5.75 Å². The average molecular weight is 436 g/mol. The molecule has 160 valence electrons. The van der Waals surface area contributed by atoms with Gasteiger partial charge in [0.2, 0.25) is 0 Å². The number of carbonyl (C=O) groups excluding carboxylic acids is 2. The predicted octanol–water partition coefficient (Wildman–Crippen LogP) is 1.23. The van der Waals surface area contributed by atoms with E-state index in [0.29, 0.717) is 18.5 Å². The fraction of sp³-hybridized carbons (Fsp3) is 0.269. The summed E-state index contributed by atoms with van der Waals surface area (Å²) < 4.78 is 7.31. The highest BCUT2D eigenvalue weighted by molar-refractivity contribution is 6.01. The number of pyridine rings is 1. The summed E-state index contributed by atoms with van der Waals surface area (Å²) in [4.78, 5) is 25.4. The Morgan fingerprint density at radius 3 is 2.61 bits per heavy atom. The molecule has 3 aromatic rings. The molecular weight excluding hydrogens is 410 g/mol. The van der Waals surface area contributed by atoms with Crippen LogP contribution >= 0.6 is 0 Å². The van der Waals surface area contributed by atoms with Crippen molar-refractivity contribution >= 4 is 11.6 Å². The molecule has 0 saturated carbocycles. The second-order valence-corrected chi connectivity index (χ2v) is 7.92. The van der Waals surface area contributed by atoms with E-state index >= 15 is 0 Å². The van der Waals surface area contributed by atoms with Crippen LogP contribution in [0.1, 0.15) is 50.8 Å². The fourth-order valence-electron chi connectivity index (χ4n) is 4.24. The standard InChI is InChI=1S/C26H26NO3.ClH/c1-18(28)25-17-27(16-19-6-4-3-5-7-19)13-12-21(25)14-22-9-8-20-15-23(30-2)10-11-24(20)26(22)29;/h3-7,10-13,15,17,22H,8-9,14,16H2,1-2H3;1H/q+1;/p-1. The lowest BCUT2D eigenvalue weighted by Gasteiger charge is -2.24. The van der Waals surface area contributed by atoms with E-state index in [0.717, 1.165) is 35.3 Å². The number of ether oxygens (including phenoxy) is 1. The predicted molar refractivity (Wildman–Crippen MR) is 115 cm³/mol. The smallest absolute Gasteiger partial charge is 0.180 e. The summed E-state index contributed by atoms with van der Waals surface area (Å²) in [5, 5.41) is 0. The minimum Gasteiger partial charge on any atom is -1.00 e. The second kappa shape index (κ2) is 9.88. The number of Topliss-reactive ketones (excluding diaryl/α,β-unsaturated/α-hetero) is 2. The average Bonchev–Trinajstić information content (AvgIpc) is 2.77. The van der Waals surface area contributed by atoms with Crippen LogP contribution in [0, 0.1) is 5.92 Å². The molecule has 4 rings (SSSR count). The van der Waals surface area contributed by atoms with Gasteiger partial charge in [0.05, 0.1) is 12.7 Å². The van der Waals surface area contributed by atoms with E-state index in [2.05, 4.69) is 12.1 Å². The maximum atomic E-state index is 13.1. The number of ketones is 2. The molecule has 0 saturated heterocycles. The summed E-state index contributed by atoms with van der Waals surface area (Å²) in [5.41, 5.74) is 4.66. The van der Waals surface area contributed by atoms with Gasteiger partial charge in [-0.1, -0.05) is 30.3 Å². The van der Waals surface area contributed by atoms with E-state index in [4.69, 9.17) is 4.74 Å². The first kappa shape index (κ1) is 22.7. The number of halogens is 1. The zero-order chi connectivity index (χ0) is 21.1. The van der Waals surface area contributed by atoms with Crippen molar-refractivity contribution in [3.8, 4) is 5.75 Å². The number of benzene rings is 2. The molecule has 1 aliphatic rings. The Morgan fingerprint density at radius 2 is 1.90 bits per heavy atom. The number of nitrogens with zero attached hydrogens (tertiary/aromatic N) is 1. The molecule has 1 aromatic heterocycles. The van der Waals surface area contributed by atoms with Gasteiger partial charge in [0, 0.05) is 23.1 Å². The molecule has 0 radical (unpaired) electrons. The van der Waals surface area contributed by atoms with Crippen molar-refractivity contribution in [2.45, 2.75) is 32.7 Å². The molecule has 0 amide bonds. The second-order valence-electron chi connectivity index (χ2n) is 7.92. The van der Waals surface area contributed by atoms with E-state index < -0.39 is 0 Å². The van der Waals surface area contributed by atoms with Gasteiger partial charge in [-0.15, -0.1) is 0 Å². The van der Waals surface area contributed by atoms with Crippen molar-refractivity contribution in [2.75, 3.05) is 7.11 Å². The van der Waals surface area contributed by atoms with E-state index in [-0.39, 0.29) is 29.9 Å². The molecule has 4 nitrogen and oxygen atoms in total. The summed E-state index contributed by atoms with van der Waals surface area (Å²) in [6.45, 7) is 2.30. The monoisotopic (exact) mass is 435 g/mol. The number of hydrogen-bond acceptors (Lipinski definition) is 3. The maximum Gasteiger partial charge on any atom is 0.180 e. The lowest BCUT2D eigenvalue weighted by atomic mass is 9.79. The number of aromatic nitrogens is 1. The molecule has 31 heavy (non-hydrogen) atoms. The van der Waals surface area contributed by atoms with Crippen LogP contribution in [0.15, 0.2) is 67.0 Å². The van der Waals surface area contributed by atoms with Crippen LogP contribution in [-0.2, 0) is 19.4 Å². The van der Waals surface area contributed by atoms with Crippen LogP contribution in [0.3, 0.4) is 0 Å². The van der Waals surface area contributed by atoms with Crippen molar-refractivity contribution in [3.05, 3.63) is 94.8 Å². The highest BCUT2D eigenvalue weighted by atomic mass is 35.5. The minimum atomic E-state index is -0.103. The molecule has 2 aromatic carbocycles. The van der Waals surface area contributed by atoms with Crippen molar-refractivity contribution in [1.82, 2.24) is 0 Å². The number of carbonyl (C=O) groups is 2. The molecule has 0 N–H and O–H groups in total. The van der Waals surface area contributed by atoms with Crippen molar-refractivity contribution < 1.29 is 31.3 Å². The third kappa shape index (κ3) is 5.02. The molecule has 0 spiro atoms. The lowest BCUT2D eigenvalue weighted by molar-refractivity contribution is -0.688. The van der Waals surface area contributed by atoms with Crippen LogP contribution in [-0.4, -0.2) is 18.7 Å². The van der Waals surface area contributed by atoms with Gasteiger partial charge in [-0.25, -0.2) is 4.57 Å². The van der Waals surface area contributed by atoms with Gasteiger partial charge in [-0.05, 0) is 55.5 Å².